The van der Waals surface area contributed by atoms with E-state index in [4.69, 9.17) is 9.82 Å². The van der Waals surface area contributed by atoms with E-state index in [0.717, 1.165) is 11.0 Å². The SMILES string of the molecule is Oc1ccccc1N1C=CN(Oc2cccc([Si](c3ccccc3)(c3ccccc3)c3ccccc3)n2)C1. The molecule has 1 aliphatic rings. The van der Waals surface area contributed by atoms with Crippen LogP contribution in [0.5, 0.6) is 11.6 Å². The summed E-state index contributed by atoms with van der Waals surface area (Å²) < 4.78 is 0. The second-order valence-corrected chi connectivity index (χ2v) is 12.9. The first-order chi connectivity index (χ1) is 18.7. The van der Waals surface area contributed by atoms with Crippen molar-refractivity contribution >= 4 is 34.6 Å². The number of hydrogen-bond acceptors (Lipinski definition) is 5. The molecule has 0 fully saturated rings. The molecule has 4 aromatic carbocycles. The topological polar surface area (TPSA) is 48.8 Å². The first-order valence-electron chi connectivity index (χ1n) is 12.6. The fourth-order valence-electron chi connectivity index (χ4n) is 5.12. The summed E-state index contributed by atoms with van der Waals surface area (Å²) in [6.45, 7) is 0.433. The molecule has 6 rings (SSSR count). The summed E-state index contributed by atoms with van der Waals surface area (Å²) in [6, 6.07) is 45.4. The van der Waals surface area contributed by atoms with Crippen molar-refractivity contribution in [3.05, 3.63) is 146 Å². The van der Waals surface area contributed by atoms with Crippen molar-refractivity contribution in [2.75, 3.05) is 11.6 Å². The van der Waals surface area contributed by atoms with E-state index < -0.39 is 8.07 Å². The Morgan fingerprint density at radius 2 is 1.16 bits per heavy atom. The van der Waals surface area contributed by atoms with Crippen LogP contribution in [0.25, 0.3) is 0 Å². The van der Waals surface area contributed by atoms with Crippen molar-refractivity contribution in [3.8, 4) is 11.6 Å². The second-order valence-electron chi connectivity index (χ2n) is 9.12. The number of nitrogens with zero attached hydrogens (tertiary/aromatic N) is 3. The zero-order chi connectivity index (χ0) is 25.8. The van der Waals surface area contributed by atoms with Crippen LogP contribution in [0.2, 0.25) is 0 Å². The van der Waals surface area contributed by atoms with Gasteiger partial charge in [0.2, 0.25) is 14.0 Å². The fraction of sp³-hybridized carbons (Fsp3) is 0.0312. The molecule has 6 heteroatoms. The van der Waals surface area contributed by atoms with Gasteiger partial charge in [-0.2, -0.15) is 5.06 Å². The Balaban J connectivity index is 1.41. The van der Waals surface area contributed by atoms with E-state index in [0.29, 0.717) is 12.5 Å². The number of pyridine rings is 1. The Labute approximate surface area is 223 Å². The van der Waals surface area contributed by atoms with Gasteiger partial charge in [0.05, 0.1) is 11.9 Å². The third-order valence-electron chi connectivity index (χ3n) is 6.83. The monoisotopic (exact) mass is 513 g/mol. The number of hydrogen-bond donors (Lipinski definition) is 1. The zero-order valence-corrected chi connectivity index (χ0v) is 21.8. The minimum absolute atomic E-state index is 0.225. The van der Waals surface area contributed by atoms with Crippen molar-refractivity contribution in [1.29, 1.82) is 0 Å². The summed E-state index contributed by atoms with van der Waals surface area (Å²) in [7, 11) is -2.73. The number of phenols is 1. The van der Waals surface area contributed by atoms with E-state index >= 15 is 0 Å². The highest BCUT2D eigenvalue weighted by Gasteiger charge is 2.43. The molecule has 1 aromatic heterocycles. The van der Waals surface area contributed by atoms with Crippen molar-refractivity contribution in [2.24, 2.45) is 0 Å². The van der Waals surface area contributed by atoms with E-state index in [1.54, 1.807) is 11.1 Å². The number of phenolic OH excluding ortho intramolecular Hbond substituents is 1. The second kappa shape index (κ2) is 10.3. The molecule has 0 unspecified atom stereocenters. The number of rotatable bonds is 7. The van der Waals surface area contributed by atoms with Crippen molar-refractivity contribution in [3.63, 3.8) is 0 Å². The van der Waals surface area contributed by atoms with Crippen LogP contribution in [0.15, 0.2) is 146 Å². The van der Waals surface area contributed by atoms with Crippen LogP contribution in [-0.2, 0) is 0 Å². The largest absolute Gasteiger partial charge is 0.506 e. The predicted molar refractivity (Wildman–Crippen MR) is 155 cm³/mol. The lowest BCUT2D eigenvalue weighted by atomic mass is 10.3. The van der Waals surface area contributed by atoms with Gasteiger partial charge in [0.15, 0.2) is 0 Å². The van der Waals surface area contributed by atoms with Crippen molar-refractivity contribution in [1.82, 2.24) is 10.0 Å². The molecule has 1 aliphatic heterocycles. The molecular formula is C32H27N3O2Si. The highest BCUT2D eigenvalue weighted by molar-refractivity contribution is 7.19. The first-order valence-corrected chi connectivity index (χ1v) is 14.6. The first kappa shape index (κ1) is 23.6. The molecule has 5 nitrogen and oxygen atoms in total. The minimum atomic E-state index is -2.73. The molecule has 0 aliphatic carbocycles. The van der Waals surface area contributed by atoms with Gasteiger partial charge in [-0.05, 0) is 33.8 Å². The van der Waals surface area contributed by atoms with Crippen molar-refractivity contribution in [2.45, 2.75) is 0 Å². The van der Waals surface area contributed by atoms with E-state index in [1.165, 1.54) is 15.6 Å². The summed E-state index contributed by atoms with van der Waals surface area (Å²) in [6.07, 6.45) is 3.73. The molecule has 0 saturated heterocycles. The molecule has 0 amide bonds. The molecule has 1 N–H and O–H groups in total. The summed E-state index contributed by atoms with van der Waals surface area (Å²) in [5, 5.41) is 16.7. The molecular weight excluding hydrogens is 486 g/mol. The van der Waals surface area contributed by atoms with Gasteiger partial charge in [-0.3, -0.25) is 0 Å². The molecule has 5 aromatic rings. The average molecular weight is 514 g/mol. The van der Waals surface area contributed by atoms with Gasteiger partial charge in [-0.25, -0.2) is 4.98 Å². The quantitative estimate of drug-likeness (QED) is 0.266. The van der Waals surface area contributed by atoms with Crippen LogP contribution < -0.4 is 30.6 Å². The molecule has 0 radical (unpaired) electrons. The van der Waals surface area contributed by atoms with Crippen LogP contribution in [-0.4, -0.2) is 29.9 Å². The van der Waals surface area contributed by atoms with Gasteiger partial charge >= 0.3 is 0 Å². The highest BCUT2D eigenvalue weighted by atomic mass is 28.3. The summed E-state index contributed by atoms with van der Waals surface area (Å²) in [5.41, 5.74) is 0.722. The lowest BCUT2D eigenvalue weighted by Crippen LogP contribution is -2.75. The molecule has 0 atom stereocenters. The molecule has 186 valence electrons. The number of anilines is 1. The standard InChI is InChI=1S/C32H27N3O2Si/c36-30-20-11-10-19-29(30)34-23-24-35(25-34)37-31-21-12-22-32(33-31)38(26-13-4-1-5-14-26,27-15-6-2-7-16-27)28-17-8-3-9-18-28/h1-24,36H,25H2. The third kappa shape index (κ3) is 4.31. The Kier molecular flexibility index (Phi) is 6.38. The Hall–Kier alpha value is -4.81. The molecule has 38 heavy (non-hydrogen) atoms. The van der Waals surface area contributed by atoms with Gasteiger partial charge < -0.3 is 14.8 Å². The van der Waals surface area contributed by atoms with Crippen molar-refractivity contribution < 1.29 is 9.94 Å². The van der Waals surface area contributed by atoms with Gasteiger partial charge in [0.1, 0.15) is 12.4 Å². The molecule has 0 spiro atoms. The maximum absolute atomic E-state index is 10.3. The normalized spacial score (nSPS) is 13.1. The smallest absolute Gasteiger partial charge is 0.245 e. The van der Waals surface area contributed by atoms with E-state index in [2.05, 4.69) is 97.1 Å². The van der Waals surface area contributed by atoms with Gasteiger partial charge in [0, 0.05) is 17.6 Å². The van der Waals surface area contributed by atoms with Gasteiger partial charge in [-0.1, -0.05) is 109 Å². The summed E-state index contributed by atoms with van der Waals surface area (Å²) in [5.74, 6) is 0.745. The Morgan fingerprint density at radius 1 is 0.605 bits per heavy atom. The molecule has 2 heterocycles. The highest BCUT2D eigenvalue weighted by Crippen LogP contribution is 2.29. The number of para-hydroxylation sites is 2. The van der Waals surface area contributed by atoms with Crippen LogP contribution in [0.4, 0.5) is 5.69 Å². The van der Waals surface area contributed by atoms with Crippen LogP contribution in [0.3, 0.4) is 0 Å². The minimum Gasteiger partial charge on any atom is -0.506 e. The number of benzene rings is 4. The van der Waals surface area contributed by atoms with Crippen LogP contribution in [0, 0.1) is 0 Å². The summed E-state index contributed by atoms with van der Waals surface area (Å²) >= 11 is 0. The maximum Gasteiger partial charge on any atom is 0.245 e. The number of aromatic hydroxyl groups is 1. The number of aromatic nitrogens is 1. The fourth-order valence-corrected chi connectivity index (χ4v) is 9.71. The van der Waals surface area contributed by atoms with Crippen LogP contribution in [0.1, 0.15) is 0 Å². The van der Waals surface area contributed by atoms with Crippen LogP contribution >= 0.6 is 0 Å². The van der Waals surface area contributed by atoms with Gasteiger partial charge in [-0.15, -0.1) is 0 Å². The Morgan fingerprint density at radius 3 is 1.74 bits per heavy atom. The third-order valence-corrected chi connectivity index (χ3v) is 11.5. The van der Waals surface area contributed by atoms with E-state index in [9.17, 15) is 5.11 Å². The van der Waals surface area contributed by atoms with Gasteiger partial charge in [0.25, 0.3) is 0 Å². The average Bonchev–Trinajstić information content (AvgIpc) is 3.44. The van der Waals surface area contributed by atoms with E-state index in [1.807, 2.05) is 47.6 Å². The lowest BCUT2D eigenvalue weighted by molar-refractivity contribution is -0.00159. The predicted octanol–water partition coefficient (Wildman–Crippen LogP) is 3.71. The maximum atomic E-state index is 10.3. The summed E-state index contributed by atoms with van der Waals surface area (Å²) in [4.78, 5) is 13.3. The number of hydroxylamine groups is 2. The zero-order valence-electron chi connectivity index (χ0n) is 20.8. The molecule has 0 bridgehead atoms. The van der Waals surface area contributed by atoms with E-state index in [-0.39, 0.29) is 5.75 Å². The lowest BCUT2D eigenvalue weighted by Gasteiger charge is -2.33. The molecule has 0 saturated carbocycles. The Bertz CT molecular complexity index is 1450.